The lowest BCUT2D eigenvalue weighted by Crippen LogP contribution is -2.03. The fraction of sp³-hybridized carbons (Fsp3) is 0.273. The summed E-state index contributed by atoms with van der Waals surface area (Å²) in [5.74, 6) is -0.256. The smallest absolute Gasteiger partial charge is 0.381 e. The van der Waals surface area contributed by atoms with Crippen molar-refractivity contribution >= 4 is 11.8 Å². The molecule has 0 N–H and O–H groups in total. The van der Waals surface area contributed by atoms with Gasteiger partial charge < -0.3 is 19.3 Å². The number of hydrogen-bond donors (Lipinski definition) is 0. The molecule has 2 aromatic rings. The number of carbonyl (C=O) groups excluding carboxylic acids is 1. The molecule has 2 rings (SSSR count). The zero-order valence-corrected chi connectivity index (χ0v) is 10.3. The summed E-state index contributed by atoms with van der Waals surface area (Å²) >= 11 is 0. The Morgan fingerprint density at radius 2 is 2.32 bits per heavy atom. The molecule has 1 unspecified atom stereocenters. The molecule has 0 aliphatic heterocycles. The first kappa shape index (κ1) is 12.8. The van der Waals surface area contributed by atoms with Crippen molar-refractivity contribution in [1.82, 2.24) is 9.55 Å². The lowest BCUT2D eigenvalue weighted by Gasteiger charge is -2.07. The van der Waals surface area contributed by atoms with Crippen molar-refractivity contribution in [2.24, 2.45) is 0 Å². The van der Waals surface area contributed by atoms with Crippen molar-refractivity contribution < 1.29 is 18.9 Å². The molecular formula is C11H11N3O5. The Balaban J connectivity index is 2.23. The van der Waals surface area contributed by atoms with E-state index >= 15 is 0 Å². The highest BCUT2D eigenvalue weighted by Gasteiger charge is 2.19. The molecule has 0 radical (unpaired) electrons. The van der Waals surface area contributed by atoms with E-state index in [0.29, 0.717) is 5.76 Å². The van der Waals surface area contributed by atoms with Crippen molar-refractivity contribution in [3.8, 4) is 0 Å². The van der Waals surface area contributed by atoms with Gasteiger partial charge in [-0.15, -0.1) is 0 Å². The van der Waals surface area contributed by atoms with Crippen LogP contribution in [0.4, 0.5) is 5.82 Å². The van der Waals surface area contributed by atoms with Gasteiger partial charge in [0.15, 0.2) is 0 Å². The number of ether oxygens (including phenoxy) is 1. The SMILES string of the molecule is COC(=O)c1ccc(C(C)n2cnc([N+](=O)[O-])c2)o1. The predicted molar refractivity (Wildman–Crippen MR) is 62.7 cm³/mol. The third-order valence-corrected chi connectivity index (χ3v) is 2.65. The molecule has 0 saturated heterocycles. The topological polar surface area (TPSA) is 100 Å². The van der Waals surface area contributed by atoms with Gasteiger partial charge in [-0.2, -0.15) is 0 Å². The Kier molecular flexibility index (Phi) is 3.32. The molecule has 2 heterocycles. The standard InChI is InChI=1S/C11H11N3O5/c1-7(13-5-10(12-6-13)14(16)17)8-3-4-9(19-8)11(15)18-2/h3-7H,1-2H3. The van der Waals surface area contributed by atoms with Crippen LogP contribution in [-0.2, 0) is 4.74 Å². The average Bonchev–Trinajstić information content (AvgIpc) is 3.05. The van der Waals surface area contributed by atoms with E-state index in [4.69, 9.17) is 4.42 Å². The largest absolute Gasteiger partial charge is 0.463 e. The Morgan fingerprint density at radius 1 is 1.58 bits per heavy atom. The van der Waals surface area contributed by atoms with E-state index in [9.17, 15) is 14.9 Å². The molecule has 19 heavy (non-hydrogen) atoms. The molecule has 0 aromatic carbocycles. The van der Waals surface area contributed by atoms with Gasteiger partial charge in [0, 0.05) is 0 Å². The molecule has 8 heteroatoms. The van der Waals surface area contributed by atoms with E-state index in [1.54, 1.807) is 13.0 Å². The van der Waals surface area contributed by atoms with Gasteiger partial charge in [0.2, 0.25) is 12.1 Å². The second-order valence-corrected chi connectivity index (χ2v) is 3.81. The first-order valence-electron chi connectivity index (χ1n) is 5.39. The van der Waals surface area contributed by atoms with Crippen LogP contribution in [-0.4, -0.2) is 27.6 Å². The number of furan rings is 1. The van der Waals surface area contributed by atoms with Crippen molar-refractivity contribution in [3.63, 3.8) is 0 Å². The molecule has 2 aromatic heterocycles. The van der Waals surface area contributed by atoms with Gasteiger partial charge in [-0.3, -0.25) is 4.57 Å². The van der Waals surface area contributed by atoms with Gasteiger partial charge in [-0.05, 0) is 29.0 Å². The normalized spacial score (nSPS) is 12.1. The number of hydrogen-bond acceptors (Lipinski definition) is 6. The van der Waals surface area contributed by atoms with Crippen LogP contribution in [0.5, 0.6) is 0 Å². The molecule has 0 spiro atoms. The molecule has 0 bridgehead atoms. The van der Waals surface area contributed by atoms with Crippen LogP contribution in [0.3, 0.4) is 0 Å². The minimum Gasteiger partial charge on any atom is -0.463 e. The third kappa shape index (κ3) is 2.46. The summed E-state index contributed by atoms with van der Waals surface area (Å²) in [4.78, 5) is 24.9. The first-order valence-corrected chi connectivity index (χ1v) is 5.39. The van der Waals surface area contributed by atoms with Gasteiger partial charge >= 0.3 is 11.8 Å². The summed E-state index contributed by atoms with van der Waals surface area (Å²) in [5, 5.41) is 10.6. The van der Waals surface area contributed by atoms with Gasteiger partial charge in [0.25, 0.3) is 0 Å². The predicted octanol–water partition coefficient (Wildman–Crippen LogP) is 1.78. The number of aromatic nitrogens is 2. The van der Waals surface area contributed by atoms with Crippen LogP contribution in [0.2, 0.25) is 0 Å². The molecule has 0 aliphatic carbocycles. The highest BCUT2D eigenvalue weighted by Crippen LogP contribution is 2.22. The van der Waals surface area contributed by atoms with Crippen LogP contribution < -0.4 is 0 Å². The number of esters is 1. The van der Waals surface area contributed by atoms with Crippen LogP contribution in [0.25, 0.3) is 0 Å². The first-order chi connectivity index (χ1) is 9.02. The van der Waals surface area contributed by atoms with Crippen LogP contribution in [0.15, 0.2) is 29.1 Å². The monoisotopic (exact) mass is 265 g/mol. The third-order valence-electron chi connectivity index (χ3n) is 2.65. The number of nitrogens with zero attached hydrogens (tertiary/aromatic N) is 3. The quantitative estimate of drug-likeness (QED) is 0.474. The Bertz CT molecular complexity index is 615. The van der Waals surface area contributed by atoms with Gasteiger partial charge in [0.1, 0.15) is 12.0 Å². The molecule has 0 amide bonds. The van der Waals surface area contributed by atoms with Crippen LogP contribution in [0, 0.1) is 10.1 Å². The second-order valence-electron chi connectivity index (χ2n) is 3.81. The van der Waals surface area contributed by atoms with E-state index < -0.39 is 10.9 Å². The number of carbonyl (C=O) groups is 1. The highest BCUT2D eigenvalue weighted by molar-refractivity contribution is 5.86. The van der Waals surface area contributed by atoms with Crippen LogP contribution in [0.1, 0.15) is 29.3 Å². The average molecular weight is 265 g/mol. The molecule has 0 aliphatic rings. The van der Waals surface area contributed by atoms with E-state index in [-0.39, 0.29) is 17.6 Å². The maximum Gasteiger partial charge on any atom is 0.381 e. The van der Waals surface area contributed by atoms with E-state index in [1.807, 2.05) is 0 Å². The summed E-state index contributed by atoms with van der Waals surface area (Å²) in [6, 6.07) is 2.78. The number of imidazole rings is 1. The Morgan fingerprint density at radius 3 is 2.89 bits per heavy atom. The zero-order valence-electron chi connectivity index (χ0n) is 10.3. The Labute approximate surface area is 107 Å². The summed E-state index contributed by atoms with van der Waals surface area (Å²) in [7, 11) is 1.26. The molecule has 0 saturated carbocycles. The van der Waals surface area contributed by atoms with Crippen molar-refractivity contribution in [1.29, 1.82) is 0 Å². The number of methoxy groups -OCH3 is 1. The maximum atomic E-state index is 11.3. The number of nitro groups is 1. The van der Waals surface area contributed by atoms with Gasteiger partial charge in [-0.1, -0.05) is 0 Å². The molecule has 100 valence electrons. The fourth-order valence-electron chi connectivity index (χ4n) is 1.57. The van der Waals surface area contributed by atoms with Crippen LogP contribution >= 0.6 is 0 Å². The molecule has 0 fully saturated rings. The zero-order chi connectivity index (χ0) is 14.0. The maximum absolute atomic E-state index is 11.3. The summed E-state index contributed by atoms with van der Waals surface area (Å²) in [6.45, 7) is 1.77. The molecular weight excluding hydrogens is 254 g/mol. The van der Waals surface area contributed by atoms with Crippen molar-refractivity contribution in [2.45, 2.75) is 13.0 Å². The number of rotatable bonds is 4. The minimum absolute atomic E-state index is 0.0824. The van der Waals surface area contributed by atoms with Crippen molar-refractivity contribution in [3.05, 3.63) is 46.3 Å². The summed E-state index contributed by atoms with van der Waals surface area (Å²) in [5.41, 5.74) is 0. The lowest BCUT2D eigenvalue weighted by molar-refractivity contribution is -0.389. The molecule has 1 atom stereocenters. The summed E-state index contributed by atoms with van der Waals surface area (Å²) in [6.07, 6.45) is 2.63. The van der Waals surface area contributed by atoms with Gasteiger partial charge in [-0.25, -0.2) is 4.79 Å². The summed E-state index contributed by atoms with van der Waals surface area (Å²) < 4.78 is 11.4. The van der Waals surface area contributed by atoms with E-state index in [2.05, 4.69) is 9.72 Å². The van der Waals surface area contributed by atoms with Gasteiger partial charge in [0.05, 0.1) is 13.2 Å². The highest BCUT2D eigenvalue weighted by atomic mass is 16.6. The molecule has 8 nitrogen and oxygen atoms in total. The second kappa shape index (κ2) is 4.92. The van der Waals surface area contributed by atoms with E-state index in [1.165, 1.54) is 30.3 Å². The lowest BCUT2D eigenvalue weighted by atomic mass is 10.2. The fourth-order valence-corrected chi connectivity index (χ4v) is 1.57. The minimum atomic E-state index is -0.578. The van der Waals surface area contributed by atoms with Crippen molar-refractivity contribution in [2.75, 3.05) is 7.11 Å². The van der Waals surface area contributed by atoms with E-state index in [0.717, 1.165) is 0 Å². The Hall–Kier alpha value is -2.64.